The van der Waals surface area contributed by atoms with Crippen molar-refractivity contribution < 1.29 is 4.79 Å². The SMILES string of the molecule is CNc1cc(CCNC(=O)C(C)(C)C)nc(-c2ccncc2)n1. The summed E-state index contributed by atoms with van der Waals surface area (Å²) in [6.45, 7) is 6.24. The summed E-state index contributed by atoms with van der Waals surface area (Å²) in [4.78, 5) is 25.0. The number of anilines is 1. The molecule has 0 fully saturated rings. The van der Waals surface area contributed by atoms with Gasteiger partial charge in [-0.1, -0.05) is 20.8 Å². The summed E-state index contributed by atoms with van der Waals surface area (Å²) in [5.41, 5.74) is 1.41. The molecule has 0 atom stereocenters. The maximum absolute atomic E-state index is 11.9. The molecule has 0 aliphatic rings. The Morgan fingerprint density at radius 2 is 1.87 bits per heavy atom. The lowest BCUT2D eigenvalue weighted by atomic mass is 9.96. The zero-order chi connectivity index (χ0) is 16.9. The van der Waals surface area contributed by atoms with E-state index in [0.717, 1.165) is 17.1 Å². The van der Waals surface area contributed by atoms with Gasteiger partial charge in [-0.15, -0.1) is 0 Å². The van der Waals surface area contributed by atoms with Gasteiger partial charge in [-0.2, -0.15) is 0 Å². The van der Waals surface area contributed by atoms with E-state index in [4.69, 9.17) is 0 Å². The fourth-order valence-electron chi connectivity index (χ4n) is 1.95. The van der Waals surface area contributed by atoms with E-state index in [9.17, 15) is 4.79 Å². The molecule has 0 aromatic carbocycles. The third-order valence-electron chi connectivity index (χ3n) is 3.32. The average molecular weight is 313 g/mol. The minimum atomic E-state index is -0.385. The van der Waals surface area contributed by atoms with Crippen LogP contribution in [0.1, 0.15) is 26.5 Å². The quantitative estimate of drug-likeness (QED) is 0.885. The summed E-state index contributed by atoms with van der Waals surface area (Å²) in [5.74, 6) is 1.44. The molecular formula is C17H23N5O. The summed E-state index contributed by atoms with van der Waals surface area (Å²) in [6.07, 6.45) is 4.08. The number of pyridine rings is 1. The fourth-order valence-corrected chi connectivity index (χ4v) is 1.95. The van der Waals surface area contributed by atoms with Crippen molar-refractivity contribution in [3.05, 3.63) is 36.3 Å². The molecule has 2 aromatic rings. The second kappa shape index (κ2) is 7.17. The lowest BCUT2D eigenvalue weighted by molar-refractivity contribution is -0.128. The van der Waals surface area contributed by atoms with Crippen molar-refractivity contribution >= 4 is 11.7 Å². The third-order valence-corrected chi connectivity index (χ3v) is 3.32. The van der Waals surface area contributed by atoms with Crippen LogP contribution in [0.5, 0.6) is 0 Å². The van der Waals surface area contributed by atoms with Crippen molar-refractivity contribution in [1.29, 1.82) is 0 Å². The Bertz CT molecular complexity index is 664. The van der Waals surface area contributed by atoms with Crippen molar-refractivity contribution in [3.63, 3.8) is 0 Å². The molecule has 2 N–H and O–H groups in total. The monoisotopic (exact) mass is 313 g/mol. The first kappa shape index (κ1) is 16.9. The van der Waals surface area contributed by atoms with Crippen LogP contribution in [0, 0.1) is 5.41 Å². The van der Waals surface area contributed by atoms with Crippen molar-refractivity contribution in [2.45, 2.75) is 27.2 Å². The molecule has 0 aliphatic carbocycles. The first-order valence-corrected chi connectivity index (χ1v) is 7.64. The van der Waals surface area contributed by atoms with Gasteiger partial charge in [0.1, 0.15) is 5.82 Å². The van der Waals surface area contributed by atoms with Gasteiger partial charge < -0.3 is 10.6 Å². The molecule has 0 aliphatic heterocycles. The van der Waals surface area contributed by atoms with Gasteiger partial charge in [-0.3, -0.25) is 9.78 Å². The molecule has 0 bridgehead atoms. The average Bonchev–Trinajstić information content (AvgIpc) is 2.54. The van der Waals surface area contributed by atoms with E-state index in [2.05, 4.69) is 25.6 Å². The summed E-state index contributed by atoms with van der Waals surface area (Å²) >= 11 is 0. The number of nitrogens with zero attached hydrogens (tertiary/aromatic N) is 3. The molecule has 1 amide bonds. The molecule has 6 heteroatoms. The van der Waals surface area contributed by atoms with Crippen LogP contribution in [0.2, 0.25) is 0 Å². The van der Waals surface area contributed by atoms with Crippen LogP contribution in [-0.2, 0) is 11.2 Å². The summed E-state index contributed by atoms with van der Waals surface area (Å²) in [6, 6.07) is 5.65. The molecule has 0 spiro atoms. The summed E-state index contributed by atoms with van der Waals surface area (Å²) in [5, 5.41) is 5.98. The van der Waals surface area contributed by atoms with Gasteiger partial charge >= 0.3 is 0 Å². The van der Waals surface area contributed by atoms with Crippen LogP contribution in [0.15, 0.2) is 30.6 Å². The number of nitrogens with one attached hydrogen (secondary N) is 2. The molecule has 0 radical (unpaired) electrons. The molecule has 122 valence electrons. The van der Waals surface area contributed by atoms with Gasteiger partial charge in [-0.25, -0.2) is 9.97 Å². The van der Waals surface area contributed by atoms with Crippen molar-refractivity contribution in [2.24, 2.45) is 5.41 Å². The number of aromatic nitrogens is 3. The smallest absolute Gasteiger partial charge is 0.225 e. The molecule has 2 rings (SSSR count). The Morgan fingerprint density at radius 3 is 2.48 bits per heavy atom. The normalized spacial score (nSPS) is 11.1. The van der Waals surface area contributed by atoms with E-state index in [1.54, 1.807) is 12.4 Å². The maximum Gasteiger partial charge on any atom is 0.225 e. The van der Waals surface area contributed by atoms with E-state index in [-0.39, 0.29) is 11.3 Å². The number of rotatable bonds is 5. The second-order valence-corrected chi connectivity index (χ2v) is 6.31. The van der Waals surface area contributed by atoms with Crippen LogP contribution in [0.4, 0.5) is 5.82 Å². The number of carbonyl (C=O) groups excluding carboxylic acids is 1. The Labute approximate surface area is 136 Å². The molecule has 2 heterocycles. The lowest BCUT2D eigenvalue weighted by Gasteiger charge is -2.17. The van der Waals surface area contributed by atoms with Crippen molar-refractivity contribution in [3.8, 4) is 11.4 Å². The molecular weight excluding hydrogens is 290 g/mol. The van der Waals surface area contributed by atoms with Crippen LogP contribution in [-0.4, -0.2) is 34.5 Å². The summed E-state index contributed by atoms with van der Waals surface area (Å²) < 4.78 is 0. The highest BCUT2D eigenvalue weighted by Crippen LogP contribution is 2.17. The standard InChI is InChI=1S/C17H23N5O/c1-17(2,3)16(23)20-10-7-13-11-14(18-4)22-15(21-13)12-5-8-19-9-6-12/h5-6,8-9,11H,7,10H2,1-4H3,(H,20,23)(H,18,21,22). The zero-order valence-corrected chi connectivity index (χ0v) is 14.1. The van der Waals surface area contributed by atoms with E-state index in [0.29, 0.717) is 18.8 Å². The molecule has 6 nitrogen and oxygen atoms in total. The highest BCUT2D eigenvalue weighted by molar-refractivity contribution is 5.81. The summed E-state index contributed by atoms with van der Waals surface area (Å²) in [7, 11) is 1.82. The van der Waals surface area contributed by atoms with E-state index in [1.807, 2.05) is 46.0 Å². The highest BCUT2D eigenvalue weighted by atomic mass is 16.2. The number of amides is 1. The number of hydrogen-bond donors (Lipinski definition) is 2. The number of carbonyl (C=O) groups is 1. The first-order valence-electron chi connectivity index (χ1n) is 7.64. The molecule has 0 saturated heterocycles. The minimum absolute atomic E-state index is 0.0368. The van der Waals surface area contributed by atoms with Gasteiger partial charge in [0.05, 0.1) is 0 Å². The Hall–Kier alpha value is -2.50. The van der Waals surface area contributed by atoms with Crippen LogP contribution in [0.3, 0.4) is 0 Å². The Kier molecular flexibility index (Phi) is 5.26. The number of hydrogen-bond acceptors (Lipinski definition) is 5. The first-order chi connectivity index (χ1) is 10.9. The zero-order valence-electron chi connectivity index (χ0n) is 14.1. The van der Waals surface area contributed by atoms with Crippen LogP contribution >= 0.6 is 0 Å². The Balaban J connectivity index is 2.12. The molecule has 23 heavy (non-hydrogen) atoms. The molecule has 0 saturated carbocycles. The topological polar surface area (TPSA) is 79.8 Å². The van der Waals surface area contributed by atoms with E-state index in [1.165, 1.54) is 0 Å². The predicted octanol–water partition coefficient (Wildman–Crippen LogP) is 2.29. The van der Waals surface area contributed by atoms with Crippen LogP contribution in [0.25, 0.3) is 11.4 Å². The second-order valence-electron chi connectivity index (χ2n) is 6.31. The fraction of sp³-hybridized carbons (Fsp3) is 0.412. The Morgan fingerprint density at radius 1 is 1.17 bits per heavy atom. The predicted molar refractivity (Wildman–Crippen MR) is 91.0 cm³/mol. The molecule has 0 unspecified atom stereocenters. The van der Waals surface area contributed by atoms with Crippen molar-refractivity contribution in [1.82, 2.24) is 20.3 Å². The van der Waals surface area contributed by atoms with Gasteiger partial charge in [0.15, 0.2) is 5.82 Å². The highest BCUT2D eigenvalue weighted by Gasteiger charge is 2.20. The van der Waals surface area contributed by atoms with Gasteiger partial charge in [0.25, 0.3) is 0 Å². The minimum Gasteiger partial charge on any atom is -0.373 e. The lowest BCUT2D eigenvalue weighted by Crippen LogP contribution is -2.36. The van der Waals surface area contributed by atoms with Crippen LogP contribution < -0.4 is 10.6 Å². The van der Waals surface area contributed by atoms with E-state index >= 15 is 0 Å². The molecule has 2 aromatic heterocycles. The van der Waals surface area contributed by atoms with Gasteiger partial charge in [-0.05, 0) is 12.1 Å². The van der Waals surface area contributed by atoms with Gasteiger partial charge in [0, 0.05) is 55.1 Å². The largest absolute Gasteiger partial charge is 0.373 e. The van der Waals surface area contributed by atoms with Crippen molar-refractivity contribution in [2.75, 3.05) is 18.9 Å². The van der Waals surface area contributed by atoms with E-state index < -0.39 is 0 Å². The van der Waals surface area contributed by atoms with Gasteiger partial charge in [0.2, 0.25) is 5.91 Å². The third kappa shape index (κ3) is 4.74. The maximum atomic E-state index is 11.9.